The van der Waals surface area contributed by atoms with E-state index in [1.54, 1.807) is 0 Å². The monoisotopic (exact) mass is 176 g/mol. The van der Waals surface area contributed by atoms with Gasteiger partial charge in [-0.05, 0) is 36.8 Å². The third-order valence-electron chi connectivity index (χ3n) is 3.11. The summed E-state index contributed by atoms with van der Waals surface area (Å²) in [6, 6.07) is 2.02. The van der Waals surface area contributed by atoms with Crippen LogP contribution in [0.3, 0.4) is 0 Å². The van der Waals surface area contributed by atoms with Crippen molar-refractivity contribution in [3.63, 3.8) is 0 Å². The summed E-state index contributed by atoms with van der Waals surface area (Å²) in [6.45, 7) is 0. The molecule has 4 heteroatoms. The second-order valence-corrected chi connectivity index (χ2v) is 3.93. The van der Waals surface area contributed by atoms with Gasteiger partial charge < -0.3 is 5.43 Å². The molecule has 2 aliphatic rings. The number of nitrogens with zero attached hydrogens (tertiary/aromatic N) is 2. The maximum absolute atomic E-state index is 5.28. The number of nitrogen functional groups attached to an aromatic ring is 1. The number of hydrogen-bond donors (Lipinski definition) is 2. The van der Waals surface area contributed by atoms with Gasteiger partial charge in [0.25, 0.3) is 0 Å². The Morgan fingerprint density at radius 3 is 3.23 bits per heavy atom. The molecule has 0 aromatic carbocycles. The van der Waals surface area contributed by atoms with Crippen LogP contribution >= 0.6 is 0 Å². The number of aryl methyl sites for hydroxylation is 1. The minimum Gasteiger partial charge on any atom is -0.307 e. The summed E-state index contributed by atoms with van der Waals surface area (Å²) >= 11 is 0. The fourth-order valence-corrected chi connectivity index (χ4v) is 2.27. The molecule has 1 fully saturated rings. The van der Waals surface area contributed by atoms with Crippen molar-refractivity contribution < 1.29 is 0 Å². The van der Waals surface area contributed by atoms with Crippen molar-refractivity contribution in [2.24, 2.45) is 11.8 Å². The summed E-state index contributed by atoms with van der Waals surface area (Å²) < 4.78 is 0. The van der Waals surface area contributed by atoms with Gasteiger partial charge in [0.1, 0.15) is 0 Å². The summed E-state index contributed by atoms with van der Waals surface area (Å²) in [5, 5.41) is 8.22. The van der Waals surface area contributed by atoms with E-state index < -0.39 is 0 Å². The molecule has 13 heavy (non-hydrogen) atoms. The van der Waals surface area contributed by atoms with Crippen LogP contribution in [0.2, 0.25) is 0 Å². The molecule has 3 N–H and O–H groups in total. The van der Waals surface area contributed by atoms with Gasteiger partial charge in [-0.15, -0.1) is 5.10 Å². The Hall–Kier alpha value is -1.16. The summed E-state index contributed by atoms with van der Waals surface area (Å²) in [7, 11) is 0. The minimum atomic E-state index is 0.679. The molecule has 2 atom stereocenters. The zero-order chi connectivity index (χ0) is 8.84. The fourth-order valence-electron chi connectivity index (χ4n) is 2.27. The van der Waals surface area contributed by atoms with E-state index in [0.29, 0.717) is 11.7 Å². The molecule has 2 unspecified atom stereocenters. The van der Waals surface area contributed by atoms with Gasteiger partial charge in [0.05, 0.1) is 5.69 Å². The van der Waals surface area contributed by atoms with Gasteiger partial charge >= 0.3 is 0 Å². The molecule has 1 aromatic rings. The average Bonchev–Trinajstić information content (AvgIpc) is 2.95. The predicted octanol–water partition coefficient (Wildman–Crippen LogP) is 0.812. The van der Waals surface area contributed by atoms with Crippen molar-refractivity contribution in [2.75, 3.05) is 5.43 Å². The molecule has 0 amide bonds. The van der Waals surface area contributed by atoms with E-state index in [0.717, 1.165) is 12.3 Å². The van der Waals surface area contributed by atoms with Gasteiger partial charge in [-0.2, -0.15) is 5.10 Å². The largest absolute Gasteiger partial charge is 0.307 e. The van der Waals surface area contributed by atoms with Crippen LogP contribution in [0.4, 0.5) is 5.82 Å². The van der Waals surface area contributed by atoms with Crippen LogP contribution < -0.4 is 11.3 Å². The molecule has 0 bridgehead atoms. The van der Waals surface area contributed by atoms with Crippen LogP contribution in [0.1, 0.15) is 30.0 Å². The molecule has 1 saturated carbocycles. The van der Waals surface area contributed by atoms with E-state index in [1.165, 1.54) is 24.1 Å². The third kappa shape index (κ3) is 1.02. The maximum atomic E-state index is 5.28. The highest BCUT2D eigenvalue weighted by atomic mass is 15.3. The molecule has 1 heterocycles. The highest BCUT2D eigenvalue weighted by Gasteiger charge is 2.43. The van der Waals surface area contributed by atoms with Gasteiger partial charge in [0, 0.05) is 5.92 Å². The predicted molar refractivity (Wildman–Crippen MR) is 49.0 cm³/mol. The normalized spacial score (nSPS) is 29.0. The lowest BCUT2D eigenvalue weighted by molar-refractivity contribution is 0.645. The Balaban J connectivity index is 2.04. The molecule has 4 nitrogen and oxygen atoms in total. The zero-order valence-corrected chi connectivity index (χ0v) is 7.33. The quantitative estimate of drug-likeness (QED) is 0.491. The lowest BCUT2D eigenvalue weighted by Gasteiger charge is -2.13. The van der Waals surface area contributed by atoms with Crippen molar-refractivity contribution in [1.29, 1.82) is 0 Å². The van der Waals surface area contributed by atoms with E-state index >= 15 is 0 Å². The standard InChI is InChI=1S/C9H12N4/c10-11-8-4-6-2-1-5-3-7(5)9(6)13-12-8/h4-5,7H,1-3,10H2,(H,11,12). The van der Waals surface area contributed by atoms with Crippen molar-refractivity contribution in [3.05, 3.63) is 17.3 Å². The Kier molecular flexibility index (Phi) is 1.35. The van der Waals surface area contributed by atoms with E-state index in [-0.39, 0.29) is 0 Å². The Bertz CT molecular complexity index is 349. The summed E-state index contributed by atoms with van der Waals surface area (Å²) in [5.41, 5.74) is 5.08. The third-order valence-corrected chi connectivity index (χ3v) is 3.11. The van der Waals surface area contributed by atoms with Crippen LogP contribution in [0, 0.1) is 5.92 Å². The van der Waals surface area contributed by atoms with Crippen LogP contribution in [-0.4, -0.2) is 10.2 Å². The van der Waals surface area contributed by atoms with Gasteiger partial charge in [-0.1, -0.05) is 0 Å². The number of nitrogens with two attached hydrogens (primary N) is 1. The van der Waals surface area contributed by atoms with E-state index in [4.69, 9.17) is 5.84 Å². The molecular weight excluding hydrogens is 164 g/mol. The lowest BCUT2D eigenvalue weighted by Crippen LogP contribution is -2.13. The smallest absolute Gasteiger partial charge is 0.162 e. The van der Waals surface area contributed by atoms with Crippen molar-refractivity contribution in [2.45, 2.75) is 25.2 Å². The molecule has 0 saturated heterocycles. The number of hydrazine groups is 1. The zero-order valence-electron chi connectivity index (χ0n) is 7.33. The number of nitrogens with one attached hydrogen (secondary N) is 1. The van der Waals surface area contributed by atoms with Crippen LogP contribution in [0.25, 0.3) is 0 Å². The maximum Gasteiger partial charge on any atom is 0.162 e. The number of anilines is 1. The number of hydrogen-bond acceptors (Lipinski definition) is 4. The summed E-state index contributed by atoms with van der Waals surface area (Å²) in [5.74, 6) is 7.57. The SMILES string of the molecule is NNc1cc2c(nn1)C1CC1CC2. The molecule has 1 aromatic heterocycles. The summed E-state index contributed by atoms with van der Waals surface area (Å²) in [6.07, 6.45) is 3.77. The Morgan fingerprint density at radius 2 is 2.38 bits per heavy atom. The second kappa shape index (κ2) is 2.42. The first-order valence-corrected chi connectivity index (χ1v) is 4.71. The van der Waals surface area contributed by atoms with Gasteiger partial charge in [-0.25, -0.2) is 5.84 Å². The van der Waals surface area contributed by atoms with Crippen molar-refractivity contribution in [3.8, 4) is 0 Å². The highest BCUT2D eigenvalue weighted by molar-refractivity contribution is 5.41. The lowest BCUT2D eigenvalue weighted by atomic mass is 9.97. The molecule has 3 rings (SSSR count). The van der Waals surface area contributed by atoms with E-state index in [9.17, 15) is 0 Å². The Labute approximate surface area is 76.5 Å². The fraction of sp³-hybridized carbons (Fsp3) is 0.556. The first-order valence-electron chi connectivity index (χ1n) is 4.71. The highest BCUT2D eigenvalue weighted by Crippen LogP contribution is 2.53. The first-order chi connectivity index (χ1) is 6.38. The number of aromatic nitrogens is 2. The average molecular weight is 176 g/mol. The van der Waals surface area contributed by atoms with Gasteiger partial charge in [0.2, 0.25) is 0 Å². The molecule has 0 radical (unpaired) electrons. The molecular formula is C9H12N4. The van der Waals surface area contributed by atoms with E-state index in [2.05, 4.69) is 15.6 Å². The van der Waals surface area contributed by atoms with Crippen LogP contribution in [0.5, 0.6) is 0 Å². The summed E-state index contributed by atoms with van der Waals surface area (Å²) in [4.78, 5) is 0. The van der Waals surface area contributed by atoms with Crippen LogP contribution in [0.15, 0.2) is 6.07 Å². The molecule has 0 spiro atoms. The topological polar surface area (TPSA) is 63.8 Å². The molecule has 0 aliphatic heterocycles. The Morgan fingerprint density at radius 1 is 1.46 bits per heavy atom. The van der Waals surface area contributed by atoms with Gasteiger partial charge in [0.15, 0.2) is 5.82 Å². The van der Waals surface area contributed by atoms with Crippen molar-refractivity contribution >= 4 is 5.82 Å². The number of fused-ring (bicyclic) bond motifs is 3. The number of rotatable bonds is 1. The van der Waals surface area contributed by atoms with Crippen LogP contribution in [-0.2, 0) is 6.42 Å². The minimum absolute atomic E-state index is 0.679. The first kappa shape index (κ1) is 7.26. The van der Waals surface area contributed by atoms with Crippen molar-refractivity contribution in [1.82, 2.24) is 10.2 Å². The molecule has 68 valence electrons. The second-order valence-electron chi connectivity index (χ2n) is 3.93. The van der Waals surface area contributed by atoms with E-state index in [1.807, 2.05) is 6.07 Å². The van der Waals surface area contributed by atoms with Gasteiger partial charge in [-0.3, -0.25) is 0 Å². The molecule has 2 aliphatic carbocycles.